The van der Waals surface area contributed by atoms with Crippen LogP contribution in [0, 0.1) is 0 Å². The van der Waals surface area contributed by atoms with Crippen LogP contribution in [0.2, 0.25) is 0 Å². The summed E-state index contributed by atoms with van der Waals surface area (Å²) in [6.45, 7) is 4.07. The van der Waals surface area contributed by atoms with E-state index < -0.39 is 9.84 Å². The van der Waals surface area contributed by atoms with Crippen LogP contribution in [0.15, 0.2) is 23.1 Å². The normalized spacial score (nSPS) is 12.5. The van der Waals surface area contributed by atoms with Gasteiger partial charge in [0.25, 0.3) is 0 Å². The van der Waals surface area contributed by atoms with Crippen LogP contribution in [-0.2, 0) is 14.6 Å². The molecule has 1 rings (SSSR count). The lowest BCUT2D eigenvalue weighted by Crippen LogP contribution is -2.33. The summed E-state index contributed by atoms with van der Waals surface area (Å²) in [7, 11) is -0.636. The van der Waals surface area contributed by atoms with Gasteiger partial charge in [-0.25, -0.2) is 8.42 Å². The molecular formula is C18H29NO5S. The van der Waals surface area contributed by atoms with Gasteiger partial charge in [0.2, 0.25) is 5.91 Å². The second kappa shape index (κ2) is 10.3. The molecule has 0 saturated carbocycles. The standard InChI is InChI=1S/C18H29NO5S/c1-5-6-7-8-14(2)19-18(20)11-12-25(21,22)15-9-10-16(23-3)17(13-15)24-4/h9-10,13-14H,5-8,11-12H2,1-4H3,(H,19,20). The van der Waals surface area contributed by atoms with E-state index >= 15 is 0 Å². The van der Waals surface area contributed by atoms with E-state index in [0.29, 0.717) is 11.5 Å². The molecule has 1 unspecified atom stereocenters. The summed E-state index contributed by atoms with van der Waals surface area (Å²) in [5.41, 5.74) is 0. The molecule has 0 aliphatic heterocycles. The van der Waals surface area contributed by atoms with Crippen LogP contribution >= 0.6 is 0 Å². The Labute approximate surface area is 150 Å². The molecule has 142 valence electrons. The third kappa shape index (κ3) is 6.94. The number of ether oxygens (including phenoxy) is 2. The Balaban J connectivity index is 2.62. The van der Waals surface area contributed by atoms with Gasteiger partial charge < -0.3 is 14.8 Å². The third-order valence-corrected chi connectivity index (χ3v) is 5.67. The Hall–Kier alpha value is -1.76. The smallest absolute Gasteiger partial charge is 0.221 e. The first-order chi connectivity index (χ1) is 11.8. The van der Waals surface area contributed by atoms with Crippen molar-refractivity contribution in [1.82, 2.24) is 5.32 Å². The third-order valence-electron chi connectivity index (χ3n) is 3.96. The van der Waals surface area contributed by atoms with Crippen molar-refractivity contribution >= 4 is 15.7 Å². The number of methoxy groups -OCH3 is 2. The van der Waals surface area contributed by atoms with Crippen LogP contribution < -0.4 is 14.8 Å². The number of hydrogen-bond donors (Lipinski definition) is 1. The molecule has 25 heavy (non-hydrogen) atoms. The summed E-state index contributed by atoms with van der Waals surface area (Å²) < 4.78 is 35.1. The van der Waals surface area contributed by atoms with Gasteiger partial charge in [-0.1, -0.05) is 26.2 Å². The zero-order chi connectivity index (χ0) is 18.9. The van der Waals surface area contributed by atoms with Gasteiger partial charge in [0.1, 0.15) is 0 Å². The molecule has 1 atom stereocenters. The van der Waals surface area contributed by atoms with Gasteiger partial charge in [0.15, 0.2) is 21.3 Å². The van der Waals surface area contributed by atoms with Crippen LogP contribution in [0.4, 0.5) is 0 Å². The number of benzene rings is 1. The van der Waals surface area contributed by atoms with E-state index in [0.717, 1.165) is 25.7 Å². The number of sulfone groups is 1. The Bertz CT molecular complexity index is 657. The van der Waals surface area contributed by atoms with Crippen LogP contribution in [0.1, 0.15) is 46.0 Å². The van der Waals surface area contributed by atoms with E-state index in [1.165, 1.54) is 26.4 Å². The van der Waals surface area contributed by atoms with E-state index in [2.05, 4.69) is 12.2 Å². The molecule has 0 saturated heterocycles. The van der Waals surface area contributed by atoms with Gasteiger partial charge in [-0.05, 0) is 25.5 Å². The Kier molecular flexibility index (Phi) is 8.75. The van der Waals surface area contributed by atoms with E-state index in [9.17, 15) is 13.2 Å². The highest BCUT2D eigenvalue weighted by Crippen LogP contribution is 2.29. The van der Waals surface area contributed by atoms with E-state index in [4.69, 9.17) is 9.47 Å². The first-order valence-electron chi connectivity index (χ1n) is 8.58. The molecule has 0 heterocycles. The van der Waals surface area contributed by atoms with E-state index in [-0.39, 0.29) is 29.0 Å². The molecule has 1 aromatic rings. The minimum Gasteiger partial charge on any atom is -0.493 e. The maximum absolute atomic E-state index is 12.4. The summed E-state index contributed by atoms with van der Waals surface area (Å²) in [5.74, 6) is 0.321. The van der Waals surface area contributed by atoms with Gasteiger partial charge in [-0.2, -0.15) is 0 Å². The quantitative estimate of drug-likeness (QED) is 0.605. The molecule has 7 heteroatoms. The molecule has 1 aromatic carbocycles. The van der Waals surface area contributed by atoms with E-state index in [1.807, 2.05) is 6.92 Å². The molecule has 6 nitrogen and oxygen atoms in total. The molecule has 0 aromatic heterocycles. The van der Waals surface area contributed by atoms with Crippen molar-refractivity contribution in [2.24, 2.45) is 0 Å². The molecule has 1 N–H and O–H groups in total. The lowest BCUT2D eigenvalue weighted by Gasteiger charge is -2.14. The number of carbonyl (C=O) groups excluding carboxylic acids is 1. The molecule has 1 amide bonds. The second-order valence-electron chi connectivity index (χ2n) is 6.05. The predicted octanol–water partition coefficient (Wildman–Crippen LogP) is 2.95. The van der Waals surface area contributed by atoms with Crippen molar-refractivity contribution < 1.29 is 22.7 Å². The van der Waals surface area contributed by atoms with Crippen LogP contribution in [-0.4, -0.2) is 40.3 Å². The van der Waals surface area contributed by atoms with E-state index in [1.54, 1.807) is 6.07 Å². The zero-order valence-electron chi connectivity index (χ0n) is 15.5. The zero-order valence-corrected chi connectivity index (χ0v) is 16.3. The first-order valence-corrected chi connectivity index (χ1v) is 10.2. The van der Waals surface area contributed by atoms with Crippen molar-refractivity contribution in [1.29, 1.82) is 0 Å². The fourth-order valence-corrected chi connectivity index (χ4v) is 3.73. The number of amides is 1. The maximum Gasteiger partial charge on any atom is 0.221 e. The van der Waals surface area contributed by atoms with Gasteiger partial charge in [0, 0.05) is 18.5 Å². The Morgan fingerprint density at radius 3 is 2.44 bits per heavy atom. The summed E-state index contributed by atoms with van der Waals surface area (Å²) in [6, 6.07) is 4.48. The van der Waals surface area contributed by atoms with Crippen molar-refractivity contribution in [2.75, 3.05) is 20.0 Å². The molecule has 0 spiro atoms. The van der Waals surface area contributed by atoms with Gasteiger partial charge in [-0.3, -0.25) is 4.79 Å². The van der Waals surface area contributed by atoms with Crippen molar-refractivity contribution in [3.8, 4) is 11.5 Å². The van der Waals surface area contributed by atoms with Crippen LogP contribution in [0.3, 0.4) is 0 Å². The monoisotopic (exact) mass is 371 g/mol. The molecule has 0 fully saturated rings. The fourth-order valence-electron chi connectivity index (χ4n) is 2.47. The second-order valence-corrected chi connectivity index (χ2v) is 8.16. The SMILES string of the molecule is CCCCCC(C)NC(=O)CCS(=O)(=O)c1ccc(OC)c(OC)c1. The van der Waals surface area contributed by atoms with Gasteiger partial charge in [-0.15, -0.1) is 0 Å². The Morgan fingerprint density at radius 1 is 1.16 bits per heavy atom. The van der Waals surface area contributed by atoms with Crippen LogP contribution in [0.5, 0.6) is 11.5 Å². The van der Waals surface area contributed by atoms with Crippen molar-refractivity contribution in [2.45, 2.75) is 56.9 Å². The largest absolute Gasteiger partial charge is 0.493 e. The van der Waals surface area contributed by atoms with Gasteiger partial charge >= 0.3 is 0 Å². The van der Waals surface area contributed by atoms with Gasteiger partial charge in [0.05, 0.1) is 24.9 Å². The Morgan fingerprint density at radius 2 is 1.84 bits per heavy atom. The first kappa shape index (κ1) is 21.3. The number of carbonyl (C=O) groups is 1. The average molecular weight is 371 g/mol. The summed E-state index contributed by atoms with van der Waals surface area (Å²) in [6.07, 6.45) is 4.16. The van der Waals surface area contributed by atoms with Crippen molar-refractivity contribution in [3.63, 3.8) is 0 Å². The predicted molar refractivity (Wildman–Crippen MR) is 98.0 cm³/mol. The maximum atomic E-state index is 12.4. The highest BCUT2D eigenvalue weighted by atomic mass is 32.2. The summed E-state index contributed by atoms with van der Waals surface area (Å²) in [4.78, 5) is 12.1. The van der Waals surface area contributed by atoms with Crippen molar-refractivity contribution in [3.05, 3.63) is 18.2 Å². The molecule has 0 bridgehead atoms. The molecule has 0 aliphatic carbocycles. The average Bonchev–Trinajstić information content (AvgIpc) is 2.59. The summed E-state index contributed by atoms with van der Waals surface area (Å²) in [5, 5.41) is 2.86. The molecular weight excluding hydrogens is 342 g/mol. The number of hydrogen-bond acceptors (Lipinski definition) is 5. The minimum absolute atomic E-state index is 0.0582. The number of rotatable bonds is 11. The number of nitrogens with one attached hydrogen (secondary N) is 1. The number of unbranched alkanes of at least 4 members (excludes halogenated alkanes) is 2. The summed E-state index contributed by atoms with van der Waals surface area (Å²) >= 11 is 0. The highest BCUT2D eigenvalue weighted by molar-refractivity contribution is 7.91. The molecule has 0 radical (unpaired) electrons. The lowest BCUT2D eigenvalue weighted by atomic mass is 10.1. The highest BCUT2D eigenvalue weighted by Gasteiger charge is 2.19. The lowest BCUT2D eigenvalue weighted by molar-refractivity contribution is -0.121. The topological polar surface area (TPSA) is 81.7 Å². The minimum atomic E-state index is -3.57. The molecule has 0 aliphatic rings. The van der Waals surface area contributed by atoms with Crippen LogP contribution in [0.25, 0.3) is 0 Å². The fraction of sp³-hybridized carbons (Fsp3) is 0.611.